The zero-order chi connectivity index (χ0) is 13.7. The largest absolute Gasteiger partial charge is 0.480 e. The molecule has 5 nitrogen and oxygen atoms in total. The number of para-hydroxylation sites is 1. The van der Waals surface area contributed by atoms with E-state index in [1.165, 1.54) is 0 Å². The lowest BCUT2D eigenvalue weighted by Crippen LogP contribution is -2.52. The number of hydrogen-bond acceptors (Lipinski definition) is 4. The molecule has 0 aliphatic carbocycles. The minimum atomic E-state index is -0.908. The zero-order valence-corrected chi connectivity index (χ0v) is 10.7. The van der Waals surface area contributed by atoms with Crippen molar-refractivity contribution in [3.63, 3.8) is 0 Å². The van der Waals surface area contributed by atoms with Gasteiger partial charge in [0.1, 0.15) is 6.04 Å². The van der Waals surface area contributed by atoms with Crippen molar-refractivity contribution in [2.75, 3.05) is 31.1 Å². The summed E-state index contributed by atoms with van der Waals surface area (Å²) in [6.07, 6.45) is 0.0423. The van der Waals surface area contributed by atoms with Crippen molar-refractivity contribution in [2.45, 2.75) is 12.5 Å². The fourth-order valence-electron chi connectivity index (χ4n) is 2.39. The lowest BCUT2D eigenvalue weighted by Gasteiger charge is -2.38. The minimum Gasteiger partial charge on any atom is -0.480 e. The molecule has 1 atom stereocenters. The molecule has 0 radical (unpaired) electrons. The lowest BCUT2D eigenvalue weighted by molar-refractivity contribution is -0.143. The quantitative estimate of drug-likeness (QED) is 0.879. The van der Waals surface area contributed by atoms with Crippen LogP contribution in [-0.2, 0) is 4.79 Å². The van der Waals surface area contributed by atoms with Crippen LogP contribution in [0.15, 0.2) is 30.3 Å². The van der Waals surface area contributed by atoms with Crippen LogP contribution in [0.4, 0.5) is 5.69 Å². The summed E-state index contributed by atoms with van der Waals surface area (Å²) in [6.45, 7) is 2.93. The number of aliphatic carboxylic acids is 1. The van der Waals surface area contributed by atoms with Gasteiger partial charge in [0.2, 0.25) is 0 Å². The van der Waals surface area contributed by atoms with Gasteiger partial charge in [-0.1, -0.05) is 18.2 Å². The van der Waals surface area contributed by atoms with Crippen LogP contribution in [0.1, 0.15) is 6.42 Å². The van der Waals surface area contributed by atoms with Crippen LogP contribution >= 0.6 is 0 Å². The molecule has 5 heteroatoms. The van der Waals surface area contributed by atoms with Gasteiger partial charge in [0.05, 0.1) is 12.5 Å². The van der Waals surface area contributed by atoms with Gasteiger partial charge in [-0.2, -0.15) is 5.26 Å². The first kappa shape index (κ1) is 13.4. The minimum absolute atomic E-state index is 0.0423. The van der Waals surface area contributed by atoms with Crippen molar-refractivity contribution < 1.29 is 9.90 Å². The van der Waals surface area contributed by atoms with Crippen LogP contribution < -0.4 is 4.90 Å². The van der Waals surface area contributed by atoms with E-state index < -0.39 is 12.0 Å². The summed E-state index contributed by atoms with van der Waals surface area (Å²) in [5.74, 6) is -0.908. The average molecular weight is 259 g/mol. The molecule has 1 aliphatic heterocycles. The number of benzene rings is 1. The van der Waals surface area contributed by atoms with E-state index in [-0.39, 0.29) is 6.42 Å². The summed E-state index contributed by atoms with van der Waals surface area (Å²) in [7, 11) is 0. The highest BCUT2D eigenvalue weighted by Gasteiger charge is 2.28. The number of nitrogens with zero attached hydrogens (tertiary/aromatic N) is 3. The third-order valence-electron chi connectivity index (χ3n) is 3.45. The topological polar surface area (TPSA) is 67.6 Å². The predicted octanol–water partition coefficient (Wildman–Crippen LogP) is 1.18. The van der Waals surface area contributed by atoms with Gasteiger partial charge >= 0.3 is 5.97 Å². The Morgan fingerprint density at radius 1 is 1.26 bits per heavy atom. The first-order chi connectivity index (χ1) is 9.22. The molecule has 1 N–H and O–H groups in total. The van der Waals surface area contributed by atoms with E-state index in [2.05, 4.69) is 17.0 Å². The Morgan fingerprint density at radius 2 is 1.89 bits per heavy atom. The second-order valence-electron chi connectivity index (χ2n) is 4.57. The van der Waals surface area contributed by atoms with Crippen LogP contribution in [0.5, 0.6) is 0 Å². The molecule has 1 saturated heterocycles. The Labute approximate surface area is 112 Å². The number of carboxylic acid groups (broad SMARTS) is 1. The molecule has 1 heterocycles. The van der Waals surface area contributed by atoms with Gasteiger partial charge in [0.25, 0.3) is 0 Å². The van der Waals surface area contributed by atoms with Crippen molar-refractivity contribution in [2.24, 2.45) is 0 Å². The summed E-state index contributed by atoms with van der Waals surface area (Å²) in [5.41, 5.74) is 1.16. The van der Waals surface area contributed by atoms with E-state index in [0.717, 1.165) is 18.8 Å². The number of hydrogen-bond donors (Lipinski definition) is 1. The molecule has 0 aromatic heterocycles. The van der Waals surface area contributed by atoms with Gasteiger partial charge in [-0.05, 0) is 12.1 Å². The molecule has 0 amide bonds. The van der Waals surface area contributed by atoms with Gasteiger partial charge in [-0.15, -0.1) is 0 Å². The fraction of sp³-hybridized carbons (Fsp3) is 0.429. The maximum atomic E-state index is 11.1. The monoisotopic (exact) mass is 259 g/mol. The summed E-state index contributed by atoms with van der Waals surface area (Å²) in [4.78, 5) is 15.3. The Kier molecular flexibility index (Phi) is 4.37. The van der Waals surface area contributed by atoms with Crippen LogP contribution in [0.25, 0.3) is 0 Å². The van der Waals surface area contributed by atoms with E-state index in [9.17, 15) is 4.79 Å². The summed E-state index contributed by atoms with van der Waals surface area (Å²) in [6, 6.07) is 11.4. The first-order valence-corrected chi connectivity index (χ1v) is 6.36. The Morgan fingerprint density at radius 3 is 2.42 bits per heavy atom. The number of anilines is 1. The maximum Gasteiger partial charge on any atom is 0.321 e. The molecule has 19 heavy (non-hydrogen) atoms. The Hall–Kier alpha value is -2.06. The molecule has 100 valence electrons. The Balaban J connectivity index is 1.95. The fourth-order valence-corrected chi connectivity index (χ4v) is 2.39. The average Bonchev–Trinajstić information content (AvgIpc) is 2.46. The molecule has 1 aliphatic rings. The molecule has 1 aromatic rings. The zero-order valence-electron chi connectivity index (χ0n) is 10.7. The van der Waals surface area contributed by atoms with Crippen molar-refractivity contribution >= 4 is 11.7 Å². The van der Waals surface area contributed by atoms with Gasteiger partial charge in [-0.25, -0.2) is 0 Å². The molecule has 1 fully saturated rings. The lowest BCUT2D eigenvalue weighted by atomic mass is 10.1. The highest BCUT2D eigenvalue weighted by atomic mass is 16.4. The summed E-state index contributed by atoms with van der Waals surface area (Å²) >= 11 is 0. The predicted molar refractivity (Wildman–Crippen MR) is 71.9 cm³/mol. The highest BCUT2D eigenvalue weighted by Crippen LogP contribution is 2.17. The summed E-state index contributed by atoms with van der Waals surface area (Å²) < 4.78 is 0. The Bertz CT molecular complexity index is 461. The molecule has 0 bridgehead atoms. The molecule has 0 spiro atoms. The van der Waals surface area contributed by atoms with Crippen molar-refractivity contribution in [1.29, 1.82) is 5.26 Å². The summed E-state index contributed by atoms with van der Waals surface area (Å²) in [5, 5.41) is 17.8. The molecular weight excluding hydrogens is 242 g/mol. The number of carboxylic acids is 1. The van der Waals surface area contributed by atoms with Gasteiger partial charge in [0, 0.05) is 31.9 Å². The van der Waals surface area contributed by atoms with Crippen molar-refractivity contribution in [1.82, 2.24) is 4.90 Å². The maximum absolute atomic E-state index is 11.1. The van der Waals surface area contributed by atoms with E-state index in [1.807, 2.05) is 29.2 Å². The second-order valence-corrected chi connectivity index (χ2v) is 4.57. The third kappa shape index (κ3) is 3.24. The van der Waals surface area contributed by atoms with E-state index in [4.69, 9.17) is 10.4 Å². The molecule has 2 rings (SSSR count). The number of nitriles is 1. The normalized spacial score (nSPS) is 17.7. The highest BCUT2D eigenvalue weighted by molar-refractivity contribution is 5.73. The van der Waals surface area contributed by atoms with Crippen LogP contribution in [-0.4, -0.2) is 48.2 Å². The molecule has 1 aromatic carbocycles. The van der Waals surface area contributed by atoms with Crippen LogP contribution in [0, 0.1) is 11.3 Å². The number of carbonyl (C=O) groups is 1. The van der Waals surface area contributed by atoms with Crippen molar-refractivity contribution in [3.05, 3.63) is 30.3 Å². The standard InChI is InChI=1S/C14H17N3O2/c15-7-6-13(14(18)19)17-10-8-16(9-11-17)12-4-2-1-3-5-12/h1-5,13H,6,8-11H2,(H,18,19). The van der Waals surface area contributed by atoms with E-state index >= 15 is 0 Å². The van der Waals surface area contributed by atoms with Crippen molar-refractivity contribution in [3.8, 4) is 6.07 Å². The van der Waals surface area contributed by atoms with Gasteiger partial charge in [0.15, 0.2) is 0 Å². The van der Waals surface area contributed by atoms with Gasteiger partial charge < -0.3 is 10.0 Å². The van der Waals surface area contributed by atoms with E-state index in [1.54, 1.807) is 0 Å². The molecule has 0 saturated carbocycles. The smallest absolute Gasteiger partial charge is 0.321 e. The second kappa shape index (κ2) is 6.21. The number of rotatable bonds is 4. The van der Waals surface area contributed by atoms with E-state index in [0.29, 0.717) is 13.1 Å². The van der Waals surface area contributed by atoms with Gasteiger partial charge in [-0.3, -0.25) is 9.69 Å². The first-order valence-electron chi connectivity index (χ1n) is 6.36. The molecule has 1 unspecified atom stereocenters. The third-order valence-corrected chi connectivity index (χ3v) is 3.45. The molecular formula is C14H17N3O2. The van der Waals surface area contributed by atoms with Crippen LogP contribution in [0.3, 0.4) is 0 Å². The SMILES string of the molecule is N#CCC(C(=O)O)N1CCN(c2ccccc2)CC1. The number of piperazine rings is 1. The van der Waals surface area contributed by atoms with Crippen LogP contribution in [0.2, 0.25) is 0 Å².